The third kappa shape index (κ3) is 5.30. The number of benzene rings is 2. The van der Waals surface area contributed by atoms with E-state index in [0.29, 0.717) is 28.4 Å². The van der Waals surface area contributed by atoms with E-state index in [1.807, 2.05) is 30.3 Å². The summed E-state index contributed by atoms with van der Waals surface area (Å²) in [7, 11) is 1.30. The fraction of sp³-hybridized carbons (Fsp3) is 0.176. The molecule has 2 aromatic rings. The van der Waals surface area contributed by atoms with Crippen molar-refractivity contribution in [2.24, 2.45) is 0 Å². The normalized spacial score (nSPS) is 10.2. The van der Waals surface area contributed by atoms with Crippen LogP contribution in [0.25, 0.3) is 0 Å². The number of hydrogen-bond donors (Lipinski definition) is 1. The minimum absolute atomic E-state index is 0.155. The lowest BCUT2D eigenvalue weighted by Crippen LogP contribution is -2.13. The predicted molar refractivity (Wildman–Crippen MR) is 93.2 cm³/mol. The molecule has 0 aliphatic carbocycles. The van der Waals surface area contributed by atoms with E-state index < -0.39 is 5.97 Å². The van der Waals surface area contributed by atoms with Gasteiger partial charge in [0.25, 0.3) is 0 Å². The number of thioether (sulfide) groups is 1. The van der Waals surface area contributed by atoms with Gasteiger partial charge in [0.05, 0.1) is 23.4 Å². The second kappa shape index (κ2) is 8.60. The molecule has 0 aromatic heterocycles. The lowest BCUT2D eigenvalue weighted by Gasteiger charge is -2.09. The van der Waals surface area contributed by atoms with Gasteiger partial charge in [-0.25, -0.2) is 4.79 Å². The number of hydrogen-bond acceptors (Lipinski definition) is 4. The largest absolute Gasteiger partial charge is 0.465 e. The van der Waals surface area contributed by atoms with Crippen LogP contribution >= 0.6 is 23.4 Å². The fourth-order valence-electron chi connectivity index (χ4n) is 1.86. The van der Waals surface area contributed by atoms with Crippen LogP contribution in [0, 0.1) is 0 Å². The molecule has 0 saturated carbocycles. The van der Waals surface area contributed by atoms with Crippen LogP contribution in [0.2, 0.25) is 5.02 Å². The van der Waals surface area contributed by atoms with E-state index in [-0.39, 0.29) is 5.91 Å². The Morgan fingerprint density at radius 3 is 2.61 bits per heavy atom. The topological polar surface area (TPSA) is 55.4 Å². The van der Waals surface area contributed by atoms with Crippen LogP contribution in [0.5, 0.6) is 0 Å². The molecule has 6 heteroatoms. The molecule has 0 bridgehead atoms. The van der Waals surface area contributed by atoms with Crippen molar-refractivity contribution in [3.8, 4) is 0 Å². The number of anilines is 1. The van der Waals surface area contributed by atoms with E-state index in [4.69, 9.17) is 11.6 Å². The Labute approximate surface area is 144 Å². The molecule has 0 fully saturated rings. The first kappa shape index (κ1) is 17.4. The lowest BCUT2D eigenvalue weighted by molar-refractivity contribution is -0.115. The molecular weight excluding hydrogens is 334 g/mol. The summed E-state index contributed by atoms with van der Waals surface area (Å²) in [6, 6.07) is 14.5. The molecule has 4 nitrogen and oxygen atoms in total. The SMILES string of the molecule is COC(=O)c1ccc(Cl)c(NC(=O)CCSc2ccccc2)c1. The Morgan fingerprint density at radius 2 is 1.91 bits per heavy atom. The summed E-state index contributed by atoms with van der Waals surface area (Å²) in [6.45, 7) is 0. The van der Waals surface area contributed by atoms with Gasteiger partial charge in [0, 0.05) is 17.1 Å². The van der Waals surface area contributed by atoms with Crippen molar-refractivity contribution in [2.75, 3.05) is 18.2 Å². The van der Waals surface area contributed by atoms with Gasteiger partial charge in [-0.1, -0.05) is 29.8 Å². The summed E-state index contributed by atoms with van der Waals surface area (Å²) in [5.74, 6) is 0.0265. The molecule has 0 radical (unpaired) electrons. The number of halogens is 1. The lowest BCUT2D eigenvalue weighted by atomic mass is 10.2. The van der Waals surface area contributed by atoms with Gasteiger partial charge < -0.3 is 10.1 Å². The monoisotopic (exact) mass is 349 g/mol. The van der Waals surface area contributed by atoms with Crippen molar-refractivity contribution in [1.82, 2.24) is 0 Å². The first-order valence-electron chi connectivity index (χ1n) is 6.95. The number of rotatable bonds is 6. The number of carbonyl (C=O) groups is 2. The summed E-state index contributed by atoms with van der Waals surface area (Å²) in [5.41, 5.74) is 0.745. The van der Waals surface area contributed by atoms with E-state index in [2.05, 4.69) is 10.1 Å². The highest BCUT2D eigenvalue weighted by molar-refractivity contribution is 7.99. The third-order valence-electron chi connectivity index (χ3n) is 3.00. The standard InChI is InChI=1S/C17H16ClNO3S/c1-22-17(21)12-7-8-14(18)15(11-12)19-16(20)9-10-23-13-5-3-2-4-6-13/h2-8,11H,9-10H2,1H3,(H,19,20). The minimum Gasteiger partial charge on any atom is -0.465 e. The van der Waals surface area contributed by atoms with Crippen molar-refractivity contribution in [3.05, 3.63) is 59.1 Å². The molecule has 0 saturated heterocycles. The zero-order valence-electron chi connectivity index (χ0n) is 12.5. The zero-order chi connectivity index (χ0) is 16.7. The Morgan fingerprint density at radius 1 is 1.17 bits per heavy atom. The highest BCUT2D eigenvalue weighted by Crippen LogP contribution is 2.24. The van der Waals surface area contributed by atoms with Crippen molar-refractivity contribution in [3.63, 3.8) is 0 Å². The molecule has 1 amide bonds. The first-order valence-corrected chi connectivity index (χ1v) is 8.32. The van der Waals surface area contributed by atoms with Crippen LogP contribution in [-0.4, -0.2) is 24.7 Å². The summed E-state index contributed by atoms with van der Waals surface area (Å²) >= 11 is 7.65. The number of amides is 1. The molecule has 2 rings (SSSR count). The second-order valence-electron chi connectivity index (χ2n) is 4.65. The van der Waals surface area contributed by atoms with E-state index >= 15 is 0 Å². The van der Waals surface area contributed by atoms with Gasteiger partial charge in [-0.05, 0) is 30.3 Å². The van der Waals surface area contributed by atoms with Crippen LogP contribution in [0.1, 0.15) is 16.8 Å². The van der Waals surface area contributed by atoms with E-state index in [1.54, 1.807) is 23.9 Å². The maximum Gasteiger partial charge on any atom is 0.337 e. The Bertz CT molecular complexity index is 691. The van der Waals surface area contributed by atoms with Gasteiger partial charge in [0.2, 0.25) is 5.91 Å². The maximum absolute atomic E-state index is 12.0. The Kier molecular flexibility index (Phi) is 6.50. The highest BCUT2D eigenvalue weighted by atomic mass is 35.5. The molecule has 0 aliphatic heterocycles. The van der Waals surface area contributed by atoms with Crippen LogP contribution < -0.4 is 5.32 Å². The van der Waals surface area contributed by atoms with Gasteiger partial charge in [0.1, 0.15) is 0 Å². The summed E-state index contributed by atoms with van der Waals surface area (Å²) < 4.78 is 4.65. The number of ether oxygens (including phenoxy) is 1. The van der Waals surface area contributed by atoms with E-state index in [1.165, 1.54) is 13.2 Å². The highest BCUT2D eigenvalue weighted by Gasteiger charge is 2.11. The van der Waals surface area contributed by atoms with Gasteiger partial charge in [-0.3, -0.25) is 4.79 Å². The molecule has 120 valence electrons. The van der Waals surface area contributed by atoms with Gasteiger partial charge in [-0.2, -0.15) is 0 Å². The van der Waals surface area contributed by atoms with Crippen LogP contribution in [0.3, 0.4) is 0 Å². The maximum atomic E-state index is 12.0. The number of carbonyl (C=O) groups excluding carboxylic acids is 2. The Hall–Kier alpha value is -1.98. The molecular formula is C17H16ClNO3S. The van der Waals surface area contributed by atoms with Crippen LogP contribution in [0.4, 0.5) is 5.69 Å². The van der Waals surface area contributed by atoms with Crippen LogP contribution in [-0.2, 0) is 9.53 Å². The van der Waals surface area contributed by atoms with Crippen molar-refractivity contribution < 1.29 is 14.3 Å². The molecule has 0 atom stereocenters. The summed E-state index contributed by atoms with van der Waals surface area (Å²) in [6.07, 6.45) is 0.346. The van der Waals surface area contributed by atoms with Gasteiger partial charge >= 0.3 is 5.97 Å². The fourth-order valence-corrected chi connectivity index (χ4v) is 2.89. The number of esters is 1. The van der Waals surface area contributed by atoms with Gasteiger partial charge in [-0.15, -0.1) is 11.8 Å². The van der Waals surface area contributed by atoms with Gasteiger partial charge in [0.15, 0.2) is 0 Å². The number of methoxy groups -OCH3 is 1. The molecule has 0 heterocycles. The molecule has 0 spiro atoms. The molecule has 1 N–H and O–H groups in total. The van der Waals surface area contributed by atoms with Crippen molar-refractivity contribution in [2.45, 2.75) is 11.3 Å². The Balaban J connectivity index is 1.91. The minimum atomic E-state index is -0.475. The molecule has 0 aliphatic rings. The summed E-state index contributed by atoms with van der Waals surface area (Å²) in [4.78, 5) is 24.6. The zero-order valence-corrected chi connectivity index (χ0v) is 14.1. The number of nitrogens with one attached hydrogen (secondary N) is 1. The third-order valence-corrected chi connectivity index (χ3v) is 4.35. The average Bonchev–Trinajstić information content (AvgIpc) is 2.57. The quantitative estimate of drug-likeness (QED) is 0.625. The van der Waals surface area contributed by atoms with E-state index in [9.17, 15) is 9.59 Å². The van der Waals surface area contributed by atoms with Crippen molar-refractivity contribution >= 4 is 40.9 Å². The first-order chi connectivity index (χ1) is 11.1. The van der Waals surface area contributed by atoms with Crippen LogP contribution in [0.15, 0.2) is 53.4 Å². The average molecular weight is 350 g/mol. The smallest absolute Gasteiger partial charge is 0.337 e. The molecule has 0 unspecified atom stereocenters. The predicted octanol–water partition coefficient (Wildman–Crippen LogP) is 4.25. The van der Waals surface area contributed by atoms with Crippen molar-refractivity contribution in [1.29, 1.82) is 0 Å². The summed E-state index contributed by atoms with van der Waals surface area (Å²) in [5, 5.41) is 3.10. The molecule has 2 aromatic carbocycles. The molecule has 23 heavy (non-hydrogen) atoms. The van der Waals surface area contributed by atoms with E-state index in [0.717, 1.165) is 4.90 Å². The second-order valence-corrected chi connectivity index (χ2v) is 6.22.